The van der Waals surface area contributed by atoms with Gasteiger partial charge in [0.15, 0.2) is 5.65 Å². The Morgan fingerprint density at radius 1 is 0.939 bits per heavy atom. The van der Waals surface area contributed by atoms with Crippen LogP contribution in [0.15, 0.2) is 43.1 Å². The molecule has 4 heterocycles. The summed E-state index contributed by atoms with van der Waals surface area (Å²) in [5.74, 6) is 2.39. The highest BCUT2D eigenvalue weighted by molar-refractivity contribution is 5.85. The van der Waals surface area contributed by atoms with Crippen LogP contribution in [-0.4, -0.2) is 62.0 Å². The Morgan fingerprint density at radius 3 is 2.67 bits per heavy atom. The van der Waals surface area contributed by atoms with E-state index in [1.54, 1.807) is 18.7 Å². The first kappa shape index (κ1) is 20.3. The third-order valence-corrected chi connectivity index (χ3v) is 6.72. The van der Waals surface area contributed by atoms with Crippen molar-refractivity contribution < 1.29 is 9.47 Å². The fraction of sp³-hybridized carbons (Fsp3) is 0.458. The minimum Gasteiger partial charge on any atom is -0.488 e. The molecular weight excluding hydrogens is 418 g/mol. The maximum atomic E-state index is 6.55. The highest BCUT2D eigenvalue weighted by atomic mass is 16.5. The molecule has 2 aliphatic rings. The third kappa shape index (κ3) is 4.20. The molecule has 0 unspecified atom stereocenters. The Morgan fingerprint density at radius 2 is 1.79 bits per heavy atom. The number of morpholine rings is 1. The minimum absolute atomic E-state index is 0.182. The molecule has 0 spiro atoms. The van der Waals surface area contributed by atoms with Gasteiger partial charge >= 0.3 is 0 Å². The van der Waals surface area contributed by atoms with Crippen molar-refractivity contribution in [1.29, 1.82) is 0 Å². The highest BCUT2D eigenvalue weighted by Crippen LogP contribution is 2.34. The number of nitrogens with zero attached hydrogens (tertiary/aromatic N) is 7. The molecule has 9 nitrogen and oxygen atoms in total. The van der Waals surface area contributed by atoms with Crippen molar-refractivity contribution in [3.05, 3.63) is 48.9 Å². The van der Waals surface area contributed by atoms with Crippen molar-refractivity contribution in [2.24, 2.45) is 5.92 Å². The molecule has 0 radical (unpaired) electrons. The number of anilines is 1. The van der Waals surface area contributed by atoms with Gasteiger partial charge in [0, 0.05) is 55.9 Å². The van der Waals surface area contributed by atoms with E-state index in [0.717, 1.165) is 92.3 Å². The Labute approximate surface area is 191 Å². The summed E-state index contributed by atoms with van der Waals surface area (Å²) in [7, 11) is 0. The lowest BCUT2D eigenvalue weighted by molar-refractivity contribution is 0.122. The smallest absolute Gasteiger partial charge is 0.158 e. The Hall–Kier alpha value is -3.33. The summed E-state index contributed by atoms with van der Waals surface area (Å²) in [4.78, 5) is 20.3. The minimum atomic E-state index is 0.182. The van der Waals surface area contributed by atoms with Gasteiger partial charge in [-0.1, -0.05) is 0 Å². The van der Waals surface area contributed by atoms with Gasteiger partial charge in [0.05, 0.1) is 24.8 Å². The zero-order valence-corrected chi connectivity index (χ0v) is 18.5. The average molecular weight is 446 g/mol. The fourth-order valence-electron chi connectivity index (χ4n) is 4.96. The van der Waals surface area contributed by atoms with Gasteiger partial charge in [-0.2, -0.15) is 9.61 Å². The molecule has 0 bridgehead atoms. The molecule has 33 heavy (non-hydrogen) atoms. The van der Waals surface area contributed by atoms with Crippen LogP contribution >= 0.6 is 0 Å². The average Bonchev–Trinajstić information content (AvgIpc) is 3.36. The monoisotopic (exact) mass is 445 g/mol. The summed E-state index contributed by atoms with van der Waals surface area (Å²) in [5.41, 5.74) is 3.68. The molecular formula is C24H27N7O2. The molecule has 1 saturated carbocycles. The van der Waals surface area contributed by atoms with Crippen LogP contribution in [0, 0.1) is 5.92 Å². The topological polar surface area (TPSA) is 90.6 Å². The van der Waals surface area contributed by atoms with Gasteiger partial charge in [0.1, 0.15) is 23.4 Å². The van der Waals surface area contributed by atoms with Crippen molar-refractivity contribution in [2.75, 3.05) is 31.2 Å². The van der Waals surface area contributed by atoms with Crippen LogP contribution in [0.2, 0.25) is 0 Å². The standard InChI is InChI=1S/C24H27N7O2/c1-3-19(4-2-17(1)13-23-26-6-5-22-28-16-29-31(22)23)33-21-15-18(30-9-11-32-12-10-30)14-20-24(21)27-8-7-25-20/h5-8,14-17,19H,1-4,9-13H2. The van der Waals surface area contributed by atoms with Crippen LogP contribution in [0.1, 0.15) is 31.5 Å². The highest BCUT2D eigenvalue weighted by Gasteiger charge is 2.25. The Bertz CT molecular complexity index is 1250. The Balaban J connectivity index is 1.16. The van der Waals surface area contributed by atoms with E-state index in [0.29, 0.717) is 5.92 Å². The molecule has 0 amide bonds. The van der Waals surface area contributed by atoms with E-state index in [9.17, 15) is 0 Å². The first-order chi connectivity index (χ1) is 16.3. The van der Waals surface area contributed by atoms with E-state index in [2.05, 4.69) is 42.1 Å². The van der Waals surface area contributed by atoms with E-state index >= 15 is 0 Å². The number of hydrogen-bond acceptors (Lipinski definition) is 8. The van der Waals surface area contributed by atoms with Crippen molar-refractivity contribution in [3.8, 4) is 5.75 Å². The SMILES string of the molecule is c1cc2ncnn2c(CC2CCC(Oc3cc(N4CCOCC4)cc4nccnc34)CC2)n1. The first-order valence-corrected chi connectivity index (χ1v) is 11.7. The van der Waals surface area contributed by atoms with Gasteiger partial charge in [0.2, 0.25) is 0 Å². The fourth-order valence-corrected chi connectivity index (χ4v) is 4.96. The van der Waals surface area contributed by atoms with Gasteiger partial charge in [-0.05, 0) is 37.7 Å². The van der Waals surface area contributed by atoms with Gasteiger partial charge in [-0.15, -0.1) is 0 Å². The molecule has 1 saturated heterocycles. The van der Waals surface area contributed by atoms with Gasteiger partial charge in [-0.3, -0.25) is 4.98 Å². The molecule has 6 rings (SSSR count). The zero-order valence-electron chi connectivity index (χ0n) is 18.5. The molecule has 4 aromatic rings. The van der Waals surface area contributed by atoms with Crippen LogP contribution in [-0.2, 0) is 11.2 Å². The van der Waals surface area contributed by atoms with Crippen molar-refractivity contribution in [2.45, 2.75) is 38.2 Å². The van der Waals surface area contributed by atoms with Crippen LogP contribution in [0.25, 0.3) is 16.7 Å². The second kappa shape index (κ2) is 8.90. The molecule has 170 valence electrons. The van der Waals surface area contributed by atoms with E-state index in [1.807, 2.05) is 16.8 Å². The van der Waals surface area contributed by atoms with Crippen molar-refractivity contribution in [1.82, 2.24) is 29.5 Å². The molecule has 3 aromatic heterocycles. The maximum Gasteiger partial charge on any atom is 0.158 e. The summed E-state index contributed by atoms with van der Waals surface area (Å²) in [5, 5.41) is 4.32. The van der Waals surface area contributed by atoms with E-state index in [-0.39, 0.29) is 6.10 Å². The van der Waals surface area contributed by atoms with E-state index in [1.165, 1.54) is 0 Å². The number of benzene rings is 1. The number of rotatable bonds is 5. The van der Waals surface area contributed by atoms with E-state index in [4.69, 9.17) is 9.47 Å². The summed E-state index contributed by atoms with van der Waals surface area (Å²) in [6, 6.07) is 6.12. The van der Waals surface area contributed by atoms with Gasteiger partial charge in [0.25, 0.3) is 0 Å². The van der Waals surface area contributed by atoms with E-state index < -0.39 is 0 Å². The normalized spacial score (nSPS) is 21.5. The lowest BCUT2D eigenvalue weighted by atomic mass is 9.85. The molecule has 1 aliphatic carbocycles. The third-order valence-electron chi connectivity index (χ3n) is 6.72. The lowest BCUT2D eigenvalue weighted by Gasteiger charge is -2.31. The molecule has 1 aliphatic heterocycles. The van der Waals surface area contributed by atoms with Crippen molar-refractivity contribution in [3.63, 3.8) is 0 Å². The number of hydrogen-bond donors (Lipinski definition) is 0. The molecule has 0 N–H and O–H groups in total. The maximum absolute atomic E-state index is 6.55. The second-order valence-corrected chi connectivity index (χ2v) is 8.82. The first-order valence-electron chi connectivity index (χ1n) is 11.7. The molecule has 0 atom stereocenters. The lowest BCUT2D eigenvalue weighted by Crippen LogP contribution is -2.36. The van der Waals surface area contributed by atoms with Gasteiger partial charge < -0.3 is 14.4 Å². The molecule has 2 fully saturated rings. The van der Waals surface area contributed by atoms with Crippen LogP contribution in [0.4, 0.5) is 5.69 Å². The predicted molar refractivity (Wildman–Crippen MR) is 123 cm³/mol. The number of ether oxygens (including phenoxy) is 2. The molecule has 1 aromatic carbocycles. The second-order valence-electron chi connectivity index (χ2n) is 8.82. The van der Waals surface area contributed by atoms with Gasteiger partial charge in [-0.25, -0.2) is 15.0 Å². The Kier molecular flexibility index (Phi) is 5.47. The van der Waals surface area contributed by atoms with Crippen LogP contribution in [0.5, 0.6) is 5.75 Å². The summed E-state index contributed by atoms with van der Waals surface area (Å²) in [6.07, 6.45) is 12.2. The van der Waals surface area contributed by atoms with Crippen LogP contribution in [0.3, 0.4) is 0 Å². The quantitative estimate of drug-likeness (QED) is 0.463. The summed E-state index contributed by atoms with van der Waals surface area (Å²) >= 11 is 0. The zero-order chi connectivity index (χ0) is 22.0. The largest absolute Gasteiger partial charge is 0.488 e. The molecule has 9 heteroatoms. The number of aromatic nitrogens is 6. The number of fused-ring (bicyclic) bond motifs is 2. The summed E-state index contributed by atoms with van der Waals surface area (Å²) < 4.78 is 13.9. The summed E-state index contributed by atoms with van der Waals surface area (Å²) in [6.45, 7) is 3.25. The van der Waals surface area contributed by atoms with Crippen molar-refractivity contribution >= 4 is 22.4 Å². The van der Waals surface area contributed by atoms with Crippen LogP contribution < -0.4 is 9.64 Å². The predicted octanol–water partition coefficient (Wildman–Crippen LogP) is 3.08.